The van der Waals surface area contributed by atoms with Crippen molar-refractivity contribution in [2.75, 3.05) is 20.8 Å². The Morgan fingerprint density at radius 3 is 2.41 bits per heavy atom. The molecule has 0 saturated heterocycles. The van der Waals surface area contributed by atoms with Gasteiger partial charge in [0.15, 0.2) is 0 Å². The van der Waals surface area contributed by atoms with E-state index in [1.807, 2.05) is 6.92 Å². The molecule has 7 heteroatoms. The smallest absolute Gasteiger partial charge is 0.262 e. The number of methoxy groups -OCH3 is 2. The number of rotatable bonds is 6. The Morgan fingerprint density at radius 1 is 1.23 bits per heavy atom. The lowest BCUT2D eigenvalue weighted by atomic mass is 10.2. The summed E-state index contributed by atoms with van der Waals surface area (Å²) in [5.41, 5.74) is -0.0373. The van der Waals surface area contributed by atoms with Crippen LogP contribution in [0.1, 0.15) is 12.7 Å². The van der Waals surface area contributed by atoms with Gasteiger partial charge < -0.3 is 19.3 Å². The van der Waals surface area contributed by atoms with Gasteiger partial charge in [-0.15, -0.1) is 0 Å². The molecule has 0 spiro atoms. The van der Waals surface area contributed by atoms with E-state index in [9.17, 15) is 9.90 Å². The summed E-state index contributed by atoms with van der Waals surface area (Å²) in [6, 6.07) is 6.20. The van der Waals surface area contributed by atoms with Crippen molar-refractivity contribution >= 4 is 0 Å². The summed E-state index contributed by atoms with van der Waals surface area (Å²) in [7, 11) is 3.00. The monoisotopic (exact) mass is 306 g/mol. The van der Waals surface area contributed by atoms with E-state index in [1.54, 1.807) is 18.2 Å². The molecule has 118 valence electrons. The third kappa shape index (κ3) is 3.04. The fourth-order valence-electron chi connectivity index (χ4n) is 2.10. The predicted octanol–water partition coefficient (Wildman–Crippen LogP) is 1.49. The third-order valence-corrected chi connectivity index (χ3v) is 3.04. The Hall–Kier alpha value is -2.54. The highest BCUT2D eigenvalue weighted by atomic mass is 16.5. The van der Waals surface area contributed by atoms with E-state index in [2.05, 4.69) is 4.98 Å². The van der Waals surface area contributed by atoms with Crippen molar-refractivity contribution in [1.29, 1.82) is 0 Å². The summed E-state index contributed by atoms with van der Waals surface area (Å²) in [6.07, 6.45) is 0. The number of nitrogens with zero attached hydrogens (tertiary/aromatic N) is 2. The van der Waals surface area contributed by atoms with Gasteiger partial charge in [-0.25, -0.2) is 0 Å². The Morgan fingerprint density at radius 2 is 1.86 bits per heavy atom. The van der Waals surface area contributed by atoms with E-state index in [0.717, 1.165) is 6.07 Å². The van der Waals surface area contributed by atoms with Crippen LogP contribution in [0.15, 0.2) is 29.1 Å². The van der Waals surface area contributed by atoms with Crippen LogP contribution in [0.4, 0.5) is 0 Å². The van der Waals surface area contributed by atoms with Gasteiger partial charge in [0.05, 0.1) is 20.3 Å². The minimum absolute atomic E-state index is 0.0708. The lowest BCUT2D eigenvalue weighted by molar-refractivity contribution is 0.125. The van der Waals surface area contributed by atoms with Crippen molar-refractivity contribution in [3.05, 3.63) is 40.4 Å². The number of benzene rings is 1. The molecule has 1 aromatic heterocycles. The molecular weight excluding hydrogens is 288 g/mol. The van der Waals surface area contributed by atoms with Gasteiger partial charge in [0.2, 0.25) is 5.88 Å². The van der Waals surface area contributed by atoms with Crippen molar-refractivity contribution in [3.8, 4) is 23.1 Å². The maximum atomic E-state index is 12.4. The third-order valence-electron chi connectivity index (χ3n) is 3.04. The van der Waals surface area contributed by atoms with Crippen LogP contribution >= 0.6 is 0 Å². The fraction of sp³-hybridized carbons (Fsp3) is 0.333. The summed E-state index contributed by atoms with van der Waals surface area (Å²) in [6.45, 7) is 2.35. The highest BCUT2D eigenvalue weighted by Gasteiger charge is 2.18. The molecule has 1 aromatic carbocycles. The number of para-hydroxylation sites is 1. The number of ether oxygens (including phenoxy) is 3. The first-order valence-corrected chi connectivity index (χ1v) is 6.73. The zero-order valence-electron chi connectivity index (χ0n) is 12.7. The SMILES string of the molecule is CCOCc1nc(O)cc(=O)n1-c1c(OC)cccc1OC. The van der Waals surface area contributed by atoms with Crippen LogP contribution in [0, 0.1) is 0 Å². The van der Waals surface area contributed by atoms with Gasteiger partial charge >= 0.3 is 0 Å². The van der Waals surface area contributed by atoms with Gasteiger partial charge in [-0.2, -0.15) is 4.98 Å². The highest BCUT2D eigenvalue weighted by molar-refractivity contribution is 5.57. The van der Waals surface area contributed by atoms with Crippen LogP contribution < -0.4 is 15.0 Å². The van der Waals surface area contributed by atoms with Crippen LogP contribution in [0.2, 0.25) is 0 Å². The van der Waals surface area contributed by atoms with E-state index in [1.165, 1.54) is 18.8 Å². The largest absolute Gasteiger partial charge is 0.494 e. The van der Waals surface area contributed by atoms with Gasteiger partial charge in [-0.3, -0.25) is 9.36 Å². The van der Waals surface area contributed by atoms with E-state index in [0.29, 0.717) is 23.8 Å². The van der Waals surface area contributed by atoms with Crippen molar-refractivity contribution in [2.24, 2.45) is 0 Å². The average Bonchev–Trinajstić information content (AvgIpc) is 2.51. The summed E-state index contributed by atoms with van der Waals surface area (Å²) < 4.78 is 17.3. The summed E-state index contributed by atoms with van der Waals surface area (Å²) in [4.78, 5) is 16.3. The molecule has 0 aliphatic rings. The van der Waals surface area contributed by atoms with Crippen molar-refractivity contribution < 1.29 is 19.3 Å². The minimum Gasteiger partial charge on any atom is -0.494 e. The fourth-order valence-corrected chi connectivity index (χ4v) is 2.10. The van der Waals surface area contributed by atoms with Gasteiger partial charge in [0.25, 0.3) is 5.56 Å². The van der Waals surface area contributed by atoms with Crippen molar-refractivity contribution in [1.82, 2.24) is 9.55 Å². The zero-order chi connectivity index (χ0) is 16.1. The van der Waals surface area contributed by atoms with E-state index >= 15 is 0 Å². The summed E-state index contributed by atoms with van der Waals surface area (Å²) in [5, 5.41) is 9.58. The maximum absolute atomic E-state index is 12.4. The Kier molecular flexibility index (Phi) is 5.00. The number of aromatic nitrogens is 2. The van der Waals surface area contributed by atoms with Crippen LogP contribution in [0.5, 0.6) is 17.4 Å². The first-order valence-electron chi connectivity index (χ1n) is 6.73. The maximum Gasteiger partial charge on any atom is 0.262 e. The molecule has 0 unspecified atom stereocenters. The molecule has 0 amide bonds. The summed E-state index contributed by atoms with van der Waals surface area (Å²) >= 11 is 0. The second-order valence-electron chi connectivity index (χ2n) is 4.35. The predicted molar refractivity (Wildman–Crippen MR) is 79.9 cm³/mol. The summed E-state index contributed by atoms with van der Waals surface area (Å²) in [5.74, 6) is 0.804. The van der Waals surface area contributed by atoms with Gasteiger partial charge in [0.1, 0.15) is 29.6 Å². The molecule has 0 aliphatic carbocycles. The quantitative estimate of drug-likeness (QED) is 0.870. The second-order valence-corrected chi connectivity index (χ2v) is 4.35. The van der Waals surface area contributed by atoms with Crippen LogP contribution in [-0.4, -0.2) is 35.5 Å². The molecule has 0 fully saturated rings. The van der Waals surface area contributed by atoms with E-state index in [4.69, 9.17) is 14.2 Å². The van der Waals surface area contributed by atoms with E-state index in [-0.39, 0.29) is 18.3 Å². The first kappa shape index (κ1) is 15.8. The second kappa shape index (κ2) is 6.95. The van der Waals surface area contributed by atoms with Crippen molar-refractivity contribution in [2.45, 2.75) is 13.5 Å². The van der Waals surface area contributed by atoms with Gasteiger partial charge in [-0.05, 0) is 19.1 Å². The Bertz CT molecular complexity index is 689. The lowest BCUT2D eigenvalue weighted by Gasteiger charge is -2.17. The first-order chi connectivity index (χ1) is 10.6. The average molecular weight is 306 g/mol. The topological polar surface area (TPSA) is 82.8 Å². The molecule has 0 aliphatic heterocycles. The van der Waals surface area contributed by atoms with E-state index < -0.39 is 5.56 Å². The molecular formula is C15H18N2O5. The molecule has 2 aromatic rings. The van der Waals surface area contributed by atoms with Gasteiger partial charge in [-0.1, -0.05) is 6.07 Å². The van der Waals surface area contributed by atoms with Gasteiger partial charge in [0, 0.05) is 6.61 Å². The highest BCUT2D eigenvalue weighted by Crippen LogP contribution is 2.32. The molecule has 0 atom stereocenters. The normalized spacial score (nSPS) is 10.5. The molecule has 22 heavy (non-hydrogen) atoms. The number of hydrogen-bond donors (Lipinski definition) is 1. The molecule has 1 N–H and O–H groups in total. The molecule has 0 saturated carbocycles. The Balaban J connectivity index is 2.74. The zero-order valence-corrected chi connectivity index (χ0v) is 12.7. The van der Waals surface area contributed by atoms with Crippen LogP contribution in [0.25, 0.3) is 5.69 Å². The minimum atomic E-state index is -0.454. The lowest BCUT2D eigenvalue weighted by Crippen LogP contribution is -2.24. The molecule has 7 nitrogen and oxygen atoms in total. The Labute approximate surface area is 127 Å². The van der Waals surface area contributed by atoms with Crippen LogP contribution in [0.3, 0.4) is 0 Å². The molecule has 0 bridgehead atoms. The molecule has 0 radical (unpaired) electrons. The molecule has 1 heterocycles. The number of aromatic hydroxyl groups is 1. The molecule has 2 rings (SSSR count). The van der Waals surface area contributed by atoms with Crippen LogP contribution in [-0.2, 0) is 11.3 Å². The van der Waals surface area contributed by atoms with Crippen molar-refractivity contribution in [3.63, 3.8) is 0 Å². The standard InChI is InChI=1S/C15H18N2O5/c1-4-22-9-12-16-13(18)8-14(19)17(12)15-10(20-2)6-5-7-11(15)21-3/h5-8,18H,4,9H2,1-3H3. The number of hydrogen-bond acceptors (Lipinski definition) is 6.